The lowest BCUT2D eigenvalue weighted by Crippen LogP contribution is -2.55. The van der Waals surface area contributed by atoms with E-state index in [9.17, 15) is 18.0 Å². The molecular weight excluding hydrogens is 373 g/mol. The molecule has 0 spiro atoms. The molecule has 0 N–H and O–H groups in total. The molecule has 28 heavy (non-hydrogen) atoms. The second-order valence-corrected chi connectivity index (χ2v) is 8.10. The van der Waals surface area contributed by atoms with E-state index in [1.807, 2.05) is 27.7 Å². The zero-order valence-electron chi connectivity index (χ0n) is 17.0. The molecule has 1 aliphatic rings. The van der Waals surface area contributed by atoms with Crippen molar-refractivity contribution in [3.05, 3.63) is 35.4 Å². The number of halogens is 3. The zero-order valence-corrected chi connectivity index (χ0v) is 17.0. The van der Waals surface area contributed by atoms with Crippen molar-refractivity contribution in [2.45, 2.75) is 51.6 Å². The molecule has 1 saturated heterocycles. The van der Waals surface area contributed by atoms with E-state index >= 15 is 0 Å². The van der Waals surface area contributed by atoms with Crippen LogP contribution in [0.25, 0.3) is 0 Å². The van der Waals surface area contributed by atoms with Gasteiger partial charge in [-0.1, -0.05) is 12.1 Å². The number of amides is 1. The lowest BCUT2D eigenvalue weighted by Gasteiger charge is -2.44. The van der Waals surface area contributed by atoms with Gasteiger partial charge in [-0.3, -0.25) is 4.90 Å². The van der Waals surface area contributed by atoms with Gasteiger partial charge in [0.1, 0.15) is 5.60 Å². The van der Waals surface area contributed by atoms with Gasteiger partial charge >= 0.3 is 12.3 Å². The molecule has 1 aromatic rings. The number of rotatable bonds is 4. The summed E-state index contributed by atoms with van der Waals surface area (Å²) >= 11 is 0. The third-order valence-corrected chi connectivity index (χ3v) is 4.68. The van der Waals surface area contributed by atoms with Gasteiger partial charge in [-0.25, -0.2) is 4.79 Å². The number of hydrogen-bond acceptors (Lipinski definition) is 4. The molecule has 0 bridgehead atoms. The molecule has 2 rings (SSSR count). The van der Waals surface area contributed by atoms with Gasteiger partial charge in [0, 0.05) is 32.8 Å². The Hall–Kier alpha value is -1.80. The largest absolute Gasteiger partial charge is 0.444 e. The summed E-state index contributed by atoms with van der Waals surface area (Å²) in [4.78, 5) is 16.1. The first-order valence-corrected chi connectivity index (χ1v) is 9.32. The van der Waals surface area contributed by atoms with Crippen LogP contribution >= 0.6 is 0 Å². The van der Waals surface area contributed by atoms with Gasteiger partial charge in [0.05, 0.1) is 18.2 Å². The Morgan fingerprint density at radius 1 is 1.18 bits per heavy atom. The maximum Gasteiger partial charge on any atom is 0.416 e. The van der Waals surface area contributed by atoms with Crippen molar-refractivity contribution in [2.24, 2.45) is 0 Å². The van der Waals surface area contributed by atoms with E-state index < -0.39 is 17.3 Å². The number of methoxy groups -OCH3 is 1. The van der Waals surface area contributed by atoms with E-state index in [0.29, 0.717) is 26.2 Å². The number of benzene rings is 1. The predicted molar refractivity (Wildman–Crippen MR) is 100 cm³/mol. The average molecular weight is 402 g/mol. The van der Waals surface area contributed by atoms with Crippen LogP contribution in [0.3, 0.4) is 0 Å². The standard InChI is InChI=1S/C20H29F3N2O3/c1-14-12-24(18(26)28-19(2,3)4)10-11-25(14)17(13-27-5)15-6-8-16(9-7-15)20(21,22)23/h6-9,14,17H,10-13H2,1-5H3. The van der Waals surface area contributed by atoms with Crippen molar-refractivity contribution in [3.8, 4) is 0 Å². The van der Waals surface area contributed by atoms with E-state index in [1.54, 1.807) is 12.0 Å². The van der Waals surface area contributed by atoms with Crippen LogP contribution in [0.2, 0.25) is 0 Å². The summed E-state index contributed by atoms with van der Waals surface area (Å²) in [7, 11) is 1.57. The predicted octanol–water partition coefficient (Wildman–Crippen LogP) is 4.33. The third-order valence-electron chi connectivity index (χ3n) is 4.68. The molecule has 5 nitrogen and oxygen atoms in total. The molecule has 0 saturated carbocycles. The highest BCUT2D eigenvalue weighted by Crippen LogP contribution is 2.32. The molecule has 0 radical (unpaired) electrons. The summed E-state index contributed by atoms with van der Waals surface area (Å²) in [6.07, 6.45) is -4.71. The molecule has 0 aliphatic carbocycles. The first-order chi connectivity index (χ1) is 12.9. The SMILES string of the molecule is COCC(c1ccc(C(F)(F)F)cc1)N1CCN(C(=O)OC(C)(C)C)CC1C. The van der Waals surface area contributed by atoms with E-state index in [2.05, 4.69) is 4.90 Å². The quantitative estimate of drug-likeness (QED) is 0.752. The summed E-state index contributed by atoms with van der Waals surface area (Å²) in [6, 6.07) is 5.00. The van der Waals surface area contributed by atoms with Crippen LogP contribution in [0, 0.1) is 0 Å². The van der Waals surface area contributed by atoms with Crippen LogP contribution in [0.15, 0.2) is 24.3 Å². The Bertz CT molecular complexity index is 656. The van der Waals surface area contributed by atoms with Gasteiger partial charge in [0.15, 0.2) is 0 Å². The van der Waals surface area contributed by atoms with Gasteiger partial charge in [-0.15, -0.1) is 0 Å². The van der Waals surface area contributed by atoms with Crippen molar-refractivity contribution in [1.82, 2.24) is 9.80 Å². The minimum atomic E-state index is -4.36. The lowest BCUT2D eigenvalue weighted by molar-refractivity contribution is -0.137. The molecule has 1 fully saturated rings. The monoisotopic (exact) mass is 402 g/mol. The van der Waals surface area contributed by atoms with Crippen molar-refractivity contribution >= 4 is 6.09 Å². The Morgan fingerprint density at radius 3 is 2.25 bits per heavy atom. The fourth-order valence-corrected chi connectivity index (χ4v) is 3.36. The summed E-state index contributed by atoms with van der Waals surface area (Å²) in [5, 5.41) is 0. The molecule has 1 aromatic carbocycles. The highest BCUT2D eigenvalue weighted by Gasteiger charge is 2.35. The highest BCUT2D eigenvalue weighted by atomic mass is 19.4. The van der Waals surface area contributed by atoms with Crippen LogP contribution in [0.1, 0.15) is 44.9 Å². The molecule has 1 aliphatic heterocycles. The van der Waals surface area contributed by atoms with Gasteiger partial charge in [-0.2, -0.15) is 13.2 Å². The minimum absolute atomic E-state index is 0.00344. The lowest BCUT2D eigenvalue weighted by atomic mass is 10.0. The molecule has 1 heterocycles. The number of hydrogen-bond donors (Lipinski definition) is 0. The summed E-state index contributed by atoms with van der Waals surface area (Å²) in [5.74, 6) is 0. The second kappa shape index (κ2) is 8.69. The number of nitrogens with zero attached hydrogens (tertiary/aromatic N) is 2. The van der Waals surface area contributed by atoms with Crippen LogP contribution in [-0.4, -0.2) is 60.9 Å². The summed E-state index contributed by atoms with van der Waals surface area (Å²) < 4.78 is 49.3. The highest BCUT2D eigenvalue weighted by molar-refractivity contribution is 5.68. The normalized spacial score (nSPS) is 20.1. The average Bonchev–Trinajstić information content (AvgIpc) is 2.58. The van der Waals surface area contributed by atoms with Crippen molar-refractivity contribution in [1.29, 1.82) is 0 Å². The number of carbonyl (C=O) groups is 1. The molecular formula is C20H29F3N2O3. The molecule has 8 heteroatoms. The first kappa shape index (κ1) is 22.5. The third kappa shape index (κ3) is 5.85. The van der Waals surface area contributed by atoms with Gasteiger partial charge in [-0.05, 0) is 45.4 Å². The first-order valence-electron chi connectivity index (χ1n) is 9.32. The van der Waals surface area contributed by atoms with E-state index in [1.165, 1.54) is 12.1 Å². The fourth-order valence-electron chi connectivity index (χ4n) is 3.36. The molecule has 158 valence electrons. The summed E-state index contributed by atoms with van der Waals surface area (Å²) in [5.41, 5.74) is -0.473. The second-order valence-electron chi connectivity index (χ2n) is 8.10. The molecule has 2 unspecified atom stereocenters. The van der Waals surface area contributed by atoms with Crippen LogP contribution in [-0.2, 0) is 15.7 Å². The Kier molecular flexibility index (Phi) is 6.98. The Labute approximate surface area is 164 Å². The number of carbonyl (C=O) groups excluding carboxylic acids is 1. The number of piperazine rings is 1. The zero-order chi connectivity index (χ0) is 21.1. The maximum absolute atomic E-state index is 12.8. The maximum atomic E-state index is 12.8. The minimum Gasteiger partial charge on any atom is -0.444 e. The van der Waals surface area contributed by atoms with E-state index in [-0.39, 0.29) is 18.2 Å². The smallest absolute Gasteiger partial charge is 0.416 e. The van der Waals surface area contributed by atoms with Gasteiger partial charge in [0.25, 0.3) is 0 Å². The number of ether oxygens (including phenoxy) is 2. The molecule has 1 amide bonds. The number of alkyl halides is 3. The van der Waals surface area contributed by atoms with Crippen molar-refractivity contribution in [2.75, 3.05) is 33.4 Å². The van der Waals surface area contributed by atoms with Crippen LogP contribution < -0.4 is 0 Å². The molecule has 0 aromatic heterocycles. The fraction of sp³-hybridized carbons (Fsp3) is 0.650. The topological polar surface area (TPSA) is 42.0 Å². The van der Waals surface area contributed by atoms with Crippen molar-refractivity contribution < 1.29 is 27.4 Å². The van der Waals surface area contributed by atoms with Crippen LogP contribution in [0.5, 0.6) is 0 Å². The Balaban J connectivity index is 2.12. The van der Waals surface area contributed by atoms with Gasteiger partial charge in [0.2, 0.25) is 0 Å². The van der Waals surface area contributed by atoms with Crippen LogP contribution in [0.4, 0.5) is 18.0 Å². The van der Waals surface area contributed by atoms with E-state index in [0.717, 1.165) is 17.7 Å². The van der Waals surface area contributed by atoms with E-state index in [4.69, 9.17) is 9.47 Å². The molecule has 2 atom stereocenters. The van der Waals surface area contributed by atoms with Gasteiger partial charge < -0.3 is 14.4 Å². The van der Waals surface area contributed by atoms with Crippen molar-refractivity contribution in [3.63, 3.8) is 0 Å². The summed E-state index contributed by atoms with van der Waals surface area (Å²) in [6.45, 7) is 9.36. The Morgan fingerprint density at radius 2 is 1.79 bits per heavy atom.